The molecule has 1 rings (SSSR count). The van der Waals surface area contributed by atoms with Crippen LogP contribution in [-0.4, -0.2) is 33.6 Å². The van der Waals surface area contributed by atoms with Gasteiger partial charge in [-0.05, 0) is 18.1 Å². The molecule has 1 atom stereocenters. The Labute approximate surface area is 117 Å². The first-order valence-corrected chi connectivity index (χ1v) is 9.51. The van der Waals surface area contributed by atoms with Gasteiger partial charge in [0.15, 0.2) is 14.0 Å². The molecule has 1 unspecified atom stereocenters. The van der Waals surface area contributed by atoms with Crippen molar-refractivity contribution in [2.75, 3.05) is 13.7 Å². The van der Waals surface area contributed by atoms with Crippen LogP contribution in [0.2, 0.25) is 18.1 Å². The molecule has 0 bridgehead atoms. The molecule has 0 aromatic rings. The maximum atomic E-state index is 6.27. The van der Waals surface area contributed by atoms with Gasteiger partial charge in [0, 0.05) is 25.4 Å². The molecule has 0 aromatic heterocycles. The summed E-state index contributed by atoms with van der Waals surface area (Å²) in [4.78, 5) is 4.15. The zero-order valence-corrected chi connectivity index (χ0v) is 13.9. The lowest BCUT2D eigenvalue weighted by Crippen LogP contribution is -2.60. The second-order valence-electron chi connectivity index (χ2n) is 6.43. The van der Waals surface area contributed by atoms with Gasteiger partial charge in [-0.15, -0.1) is 0 Å². The molecule has 1 aliphatic rings. The number of hydrogen-bond donors (Lipinski definition) is 2. The van der Waals surface area contributed by atoms with Gasteiger partial charge in [-0.3, -0.25) is 0 Å². The zero-order valence-electron chi connectivity index (χ0n) is 12.9. The van der Waals surface area contributed by atoms with Crippen LogP contribution in [0.5, 0.6) is 0 Å². The van der Waals surface area contributed by atoms with Gasteiger partial charge in [0.25, 0.3) is 0 Å². The lowest BCUT2D eigenvalue weighted by molar-refractivity contribution is 0.234. The van der Waals surface area contributed by atoms with Crippen LogP contribution in [0.15, 0.2) is 17.4 Å². The van der Waals surface area contributed by atoms with Crippen molar-refractivity contribution in [2.24, 2.45) is 10.7 Å². The number of aliphatic imine (C=N–C) groups is 1. The second kappa shape index (κ2) is 5.64. The number of methoxy groups -OCH3 is 1. The molecule has 5 nitrogen and oxygen atoms in total. The minimum Gasteiger partial charge on any atom is -0.481 e. The third kappa shape index (κ3) is 3.81. The summed E-state index contributed by atoms with van der Waals surface area (Å²) in [6.45, 7) is 11.7. The van der Waals surface area contributed by atoms with Crippen LogP contribution in [0.4, 0.5) is 0 Å². The number of nitrogens with zero attached hydrogens (tertiary/aromatic N) is 1. The highest BCUT2D eigenvalue weighted by Gasteiger charge is 2.39. The van der Waals surface area contributed by atoms with Gasteiger partial charge >= 0.3 is 0 Å². The Morgan fingerprint density at radius 3 is 2.58 bits per heavy atom. The van der Waals surface area contributed by atoms with E-state index in [2.05, 4.69) is 44.2 Å². The maximum Gasteiger partial charge on any atom is 0.229 e. The normalized spacial score (nSPS) is 23.8. The Morgan fingerprint density at radius 1 is 1.42 bits per heavy atom. The van der Waals surface area contributed by atoms with E-state index in [1.54, 1.807) is 19.5 Å². The summed E-state index contributed by atoms with van der Waals surface area (Å²) >= 11 is 0. The smallest absolute Gasteiger partial charge is 0.229 e. The molecule has 1 aliphatic heterocycles. The molecular weight excluding hydrogens is 258 g/mol. The Hall–Kier alpha value is -0.853. The van der Waals surface area contributed by atoms with Crippen molar-refractivity contribution in [3.8, 4) is 0 Å². The summed E-state index contributed by atoms with van der Waals surface area (Å²) in [5.41, 5.74) is 5.50. The van der Waals surface area contributed by atoms with Gasteiger partial charge in [-0.25, -0.2) is 4.99 Å². The molecule has 0 amide bonds. The molecule has 3 N–H and O–H groups in total. The van der Waals surface area contributed by atoms with E-state index < -0.39 is 14.0 Å². The number of hydrogen-bond acceptors (Lipinski definition) is 5. The number of rotatable bonds is 4. The molecule has 0 radical (unpaired) electrons. The highest BCUT2D eigenvalue weighted by Crippen LogP contribution is 2.36. The van der Waals surface area contributed by atoms with Crippen molar-refractivity contribution < 1.29 is 9.16 Å². The first kappa shape index (κ1) is 16.2. The van der Waals surface area contributed by atoms with Gasteiger partial charge in [0.2, 0.25) is 5.90 Å². The van der Waals surface area contributed by atoms with Crippen molar-refractivity contribution in [2.45, 2.75) is 51.0 Å². The maximum absolute atomic E-state index is 6.27. The van der Waals surface area contributed by atoms with Crippen molar-refractivity contribution >= 4 is 14.2 Å². The summed E-state index contributed by atoms with van der Waals surface area (Å²) in [6.07, 6.45) is 3.99. The van der Waals surface area contributed by atoms with Crippen LogP contribution in [0.25, 0.3) is 0 Å². The quantitative estimate of drug-likeness (QED) is 0.777. The summed E-state index contributed by atoms with van der Waals surface area (Å²) in [7, 11) is -0.157. The van der Waals surface area contributed by atoms with E-state index in [0.29, 0.717) is 18.9 Å². The zero-order chi connectivity index (χ0) is 14.7. The fourth-order valence-corrected chi connectivity index (χ4v) is 2.61. The van der Waals surface area contributed by atoms with Crippen LogP contribution < -0.4 is 11.1 Å². The van der Waals surface area contributed by atoms with E-state index in [1.807, 2.05) is 0 Å². The molecule has 19 heavy (non-hydrogen) atoms. The molecule has 0 saturated carbocycles. The lowest BCUT2D eigenvalue weighted by atomic mass is 10.1. The van der Waals surface area contributed by atoms with E-state index >= 15 is 0 Å². The fraction of sp³-hybridized carbons (Fsp3) is 0.769. The molecule has 110 valence electrons. The topological polar surface area (TPSA) is 68.9 Å². The first-order chi connectivity index (χ1) is 8.62. The Bertz CT molecular complexity index is 375. The van der Waals surface area contributed by atoms with Gasteiger partial charge in [0.1, 0.15) is 0 Å². The fourth-order valence-electron chi connectivity index (χ4n) is 1.57. The van der Waals surface area contributed by atoms with Gasteiger partial charge < -0.3 is 20.2 Å². The number of ether oxygens (including phenoxy) is 1. The molecule has 0 aliphatic carbocycles. The molecule has 0 spiro atoms. The highest BCUT2D eigenvalue weighted by molar-refractivity contribution is 6.74. The Morgan fingerprint density at radius 2 is 2.05 bits per heavy atom. The number of nitrogens with one attached hydrogen (secondary N) is 1. The monoisotopic (exact) mass is 285 g/mol. The summed E-state index contributed by atoms with van der Waals surface area (Å²) in [6, 6.07) is 0. The van der Waals surface area contributed by atoms with Crippen molar-refractivity contribution in [1.82, 2.24) is 5.32 Å². The van der Waals surface area contributed by atoms with Crippen molar-refractivity contribution in [3.63, 3.8) is 0 Å². The minimum absolute atomic E-state index is 0.201. The lowest BCUT2D eigenvalue weighted by Gasteiger charge is -2.38. The van der Waals surface area contributed by atoms with Crippen molar-refractivity contribution in [3.05, 3.63) is 12.4 Å². The van der Waals surface area contributed by atoms with E-state index in [-0.39, 0.29) is 5.04 Å². The van der Waals surface area contributed by atoms with E-state index in [1.165, 1.54) is 0 Å². The molecule has 0 saturated heterocycles. The van der Waals surface area contributed by atoms with Gasteiger partial charge in [0.05, 0.1) is 7.11 Å². The minimum atomic E-state index is -1.74. The van der Waals surface area contributed by atoms with Crippen LogP contribution in [0, 0.1) is 0 Å². The van der Waals surface area contributed by atoms with Crippen LogP contribution in [0.1, 0.15) is 27.2 Å². The average molecular weight is 285 g/mol. The standard InChI is InChI=1S/C13H27N3O2Si/c1-12(2,3)19(5,6)18-10-7-13(14)11(17-4)15-8-9-16-13/h8-9,16H,7,10,14H2,1-6H3. The third-order valence-corrected chi connectivity index (χ3v) is 8.49. The van der Waals surface area contributed by atoms with Gasteiger partial charge in [-0.1, -0.05) is 20.8 Å². The first-order valence-electron chi connectivity index (χ1n) is 6.60. The molecule has 0 aromatic carbocycles. The van der Waals surface area contributed by atoms with Crippen LogP contribution >= 0.6 is 0 Å². The third-order valence-electron chi connectivity index (χ3n) is 3.95. The Balaban J connectivity index is 2.58. The molecule has 0 fully saturated rings. The van der Waals surface area contributed by atoms with E-state index in [0.717, 1.165) is 0 Å². The van der Waals surface area contributed by atoms with Crippen LogP contribution in [-0.2, 0) is 9.16 Å². The molecular formula is C13H27N3O2Si. The Kier molecular flexibility index (Phi) is 4.81. The second-order valence-corrected chi connectivity index (χ2v) is 11.2. The summed E-state index contributed by atoms with van der Waals surface area (Å²) in [5, 5.41) is 3.30. The van der Waals surface area contributed by atoms with Crippen LogP contribution in [0.3, 0.4) is 0 Å². The van der Waals surface area contributed by atoms with Gasteiger partial charge in [-0.2, -0.15) is 0 Å². The molecule has 6 heteroatoms. The predicted molar refractivity (Wildman–Crippen MR) is 81.4 cm³/mol. The molecule has 1 heterocycles. The largest absolute Gasteiger partial charge is 0.481 e. The summed E-state index contributed by atoms with van der Waals surface area (Å²) < 4.78 is 11.4. The summed E-state index contributed by atoms with van der Waals surface area (Å²) in [5.74, 6) is 0.494. The number of nitrogens with two attached hydrogens (primary N) is 1. The highest BCUT2D eigenvalue weighted by atomic mass is 28.4. The van der Waals surface area contributed by atoms with Crippen molar-refractivity contribution in [1.29, 1.82) is 0 Å². The van der Waals surface area contributed by atoms with E-state index in [4.69, 9.17) is 14.9 Å². The SMILES string of the molecule is COC1=NC=CNC1(N)CCO[Si](C)(C)C(C)(C)C. The predicted octanol–water partition coefficient (Wildman–Crippen LogP) is 2.17. The average Bonchev–Trinajstić information content (AvgIpc) is 2.27. The van der Waals surface area contributed by atoms with E-state index in [9.17, 15) is 0 Å².